The molecule has 1 amide bonds. The molecular weight excluding hydrogens is 558 g/mol. The molecule has 42 heavy (non-hydrogen) atoms. The number of likely N-dealkylation sites (tertiary alicyclic amines) is 1. The maximum absolute atomic E-state index is 12.0. The van der Waals surface area contributed by atoms with Crippen molar-refractivity contribution in [3.8, 4) is 11.5 Å². The van der Waals surface area contributed by atoms with Crippen molar-refractivity contribution in [2.45, 2.75) is 58.4 Å². The minimum atomic E-state index is -0.729. The number of hydrogen-bond acceptors (Lipinski definition) is 8. The van der Waals surface area contributed by atoms with Gasteiger partial charge in [-0.1, -0.05) is 25.4 Å². The third kappa shape index (κ3) is 11.5. The number of amides is 1. The zero-order valence-electron chi connectivity index (χ0n) is 24.7. The summed E-state index contributed by atoms with van der Waals surface area (Å²) in [5, 5.41) is 3.74. The molecule has 1 heterocycles. The Hall–Kier alpha value is -3.34. The Morgan fingerprint density at radius 1 is 0.929 bits per heavy atom. The highest BCUT2D eigenvalue weighted by molar-refractivity contribution is 5.97. The molecule has 1 saturated heterocycles. The number of carbonyl (C=O) groups excluding carboxylic acids is 2. The van der Waals surface area contributed by atoms with Crippen molar-refractivity contribution >= 4 is 30.1 Å². The number of primary amides is 1. The van der Waals surface area contributed by atoms with Gasteiger partial charge in [0.15, 0.2) is 5.84 Å². The number of piperidine rings is 1. The quantitative estimate of drug-likeness (QED) is 0.0852. The zero-order valence-corrected chi connectivity index (χ0v) is 25.5. The van der Waals surface area contributed by atoms with Gasteiger partial charge in [0.05, 0.1) is 13.2 Å². The fourth-order valence-corrected chi connectivity index (χ4v) is 4.67. The standard InChI is InChI=1S/C31H45N5O5.ClH/c1-3-22(2)28(32)31(38)41-35-29(33)24-7-11-26(12-8-24)39-20-4-6-23-15-18-36(19-16-23)17-5-21-40-27-13-9-25(10-14-27)30(34)37;/h7-14,22-23,28H,3-6,15-21,32H2,1-2H3,(H2,33,35)(H2,34,37);1H/t22-,28-;/m0./s1. The highest BCUT2D eigenvalue weighted by Crippen LogP contribution is 2.23. The van der Waals surface area contributed by atoms with E-state index in [0.717, 1.165) is 62.7 Å². The summed E-state index contributed by atoms with van der Waals surface area (Å²) >= 11 is 0. The number of carbonyl (C=O) groups is 2. The van der Waals surface area contributed by atoms with Crippen LogP contribution in [0.1, 0.15) is 68.3 Å². The first-order valence-electron chi connectivity index (χ1n) is 14.5. The smallest absolute Gasteiger partial charge is 0.351 e. The number of nitrogens with two attached hydrogens (primary N) is 3. The highest BCUT2D eigenvalue weighted by Gasteiger charge is 2.21. The van der Waals surface area contributed by atoms with Crippen molar-refractivity contribution in [3.63, 3.8) is 0 Å². The summed E-state index contributed by atoms with van der Waals surface area (Å²) in [7, 11) is 0. The van der Waals surface area contributed by atoms with Crippen LogP contribution in [0.2, 0.25) is 0 Å². The Morgan fingerprint density at radius 3 is 2.02 bits per heavy atom. The molecule has 1 aliphatic rings. The Morgan fingerprint density at radius 2 is 1.48 bits per heavy atom. The van der Waals surface area contributed by atoms with Gasteiger partial charge in [0.1, 0.15) is 17.5 Å². The molecule has 0 spiro atoms. The van der Waals surface area contributed by atoms with E-state index < -0.39 is 17.9 Å². The summed E-state index contributed by atoms with van der Waals surface area (Å²) < 4.78 is 11.7. The van der Waals surface area contributed by atoms with E-state index in [1.54, 1.807) is 36.4 Å². The summed E-state index contributed by atoms with van der Waals surface area (Å²) in [4.78, 5) is 30.5. The third-order valence-corrected chi connectivity index (χ3v) is 7.67. The van der Waals surface area contributed by atoms with Crippen LogP contribution in [0.5, 0.6) is 11.5 Å². The van der Waals surface area contributed by atoms with Crippen LogP contribution in [0.4, 0.5) is 0 Å². The molecule has 0 bridgehead atoms. The summed E-state index contributed by atoms with van der Waals surface area (Å²) in [6.07, 6.45) is 6.30. The zero-order chi connectivity index (χ0) is 29.6. The van der Waals surface area contributed by atoms with E-state index in [0.29, 0.717) is 24.3 Å². The molecule has 2 aromatic carbocycles. The molecular formula is C31H46ClN5O5. The van der Waals surface area contributed by atoms with Crippen molar-refractivity contribution in [3.05, 3.63) is 59.7 Å². The van der Waals surface area contributed by atoms with Gasteiger partial charge in [-0.3, -0.25) is 4.79 Å². The molecule has 3 rings (SSSR count). The molecule has 232 valence electrons. The van der Waals surface area contributed by atoms with E-state index >= 15 is 0 Å². The van der Waals surface area contributed by atoms with Crippen molar-refractivity contribution in [1.29, 1.82) is 0 Å². The monoisotopic (exact) mass is 603 g/mol. The number of halogens is 1. The van der Waals surface area contributed by atoms with Gasteiger partial charge in [0, 0.05) is 17.7 Å². The van der Waals surface area contributed by atoms with Gasteiger partial charge < -0.3 is 36.4 Å². The first kappa shape index (κ1) is 34.9. The average molecular weight is 604 g/mol. The lowest BCUT2D eigenvalue weighted by Gasteiger charge is -2.32. The molecule has 0 radical (unpaired) electrons. The van der Waals surface area contributed by atoms with Gasteiger partial charge in [-0.25, -0.2) is 4.79 Å². The summed E-state index contributed by atoms with van der Waals surface area (Å²) in [6.45, 7) is 8.40. The Kier molecular flexibility index (Phi) is 15.1. The van der Waals surface area contributed by atoms with Gasteiger partial charge in [-0.05, 0) is 106 Å². The van der Waals surface area contributed by atoms with Crippen LogP contribution in [0.25, 0.3) is 0 Å². The van der Waals surface area contributed by atoms with E-state index in [4.69, 9.17) is 31.5 Å². The van der Waals surface area contributed by atoms with E-state index in [1.165, 1.54) is 12.8 Å². The van der Waals surface area contributed by atoms with Crippen LogP contribution in [0.15, 0.2) is 53.7 Å². The fraction of sp³-hybridized carbons (Fsp3) is 0.516. The van der Waals surface area contributed by atoms with Crippen LogP contribution >= 0.6 is 12.4 Å². The first-order chi connectivity index (χ1) is 19.8. The normalized spacial score (nSPS) is 15.7. The van der Waals surface area contributed by atoms with Gasteiger partial charge in [-0.2, -0.15) is 0 Å². The van der Waals surface area contributed by atoms with E-state index in [2.05, 4.69) is 10.1 Å². The van der Waals surface area contributed by atoms with Gasteiger partial charge in [0.2, 0.25) is 5.91 Å². The molecule has 0 aliphatic carbocycles. The summed E-state index contributed by atoms with van der Waals surface area (Å²) in [6, 6.07) is 13.5. The second-order valence-corrected chi connectivity index (χ2v) is 10.7. The first-order valence-corrected chi connectivity index (χ1v) is 14.5. The van der Waals surface area contributed by atoms with E-state index in [9.17, 15) is 9.59 Å². The number of ether oxygens (including phenoxy) is 2. The number of nitrogens with zero attached hydrogens (tertiary/aromatic N) is 2. The molecule has 1 fully saturated rings. The van der Waals surface area contributed by atoms with Crippen molar-refractivity contribution in [2.75, 3.05) is 32.8 Å². The topological polar surface area (TPSA) is 155 Å². The van der Waals surface area contributed by atoms with Crippen molar-refractivity contribution in [2.24, 2.45) is 34.2 Å². The average Bonchev–Trinajstić information content (AvgIpc) is 3.00. The largest absolute Gasteiger partial charge is 0.494 e. The molecule has 0 saturated carbocycles. The van der Waals surface area contributed by atoms with Crippen LogP contribution < -0.4 is 26.7 Å². The summed E-state index contributed by atoms with van der Waals surface area (Å²) in [5.74, 6) is 1.33. The molecule has 2 atom stereocenters. The Bertz CT molecular complexity index is 1120. The molecule has 1 aliphatic heterocycles. The second kappa shape index (κ2) is 18.3. The lowest BCUT2D eigenvalue weighted by Crippen LogP contribution is -2.37. The van der Waals surface area contributed by atoms with Gasteiger partial charge >= 0.3 is 5.97 Å². The maximum atomic E-state index is 12.0. The minimum Gasteiger partial charge on any atom is -0.494 e. The predicted molar refractivity (Wildman–Crippen MR) is 167 cm³/mol. The molecule has 0 unspecified atom stereocenters. The molecule has 11 heteroatoms. The third-order valence-electron chi connectivity index (χ3n) is 7.67. The van der Waals surface area contributed by atoms with E-state index in [-0.39, 0.29) is 24.2 Å². The van der Waals surface area contributed by atoms with Crippen LogP contribution in [0.3, 0.4) is 0 Å². The van der Waals surface area contributed by atoms with Crippen LogP contribution in [-0.2, 0) is 9.63 Å². The predicted octanol–water partition coefficient (Wildman–Crippen LogP) is 4.08. The number of hydrogen-bond donors (Lipinski definition) is 3. The van der Waals surface area contributed by atoms with Crippen molar-refractivity contribution < 1.29 is 23.9 Å². The second-order valence-electron chi connectivity index (χ2n) is 10.7. The van der Waals surface area contributed by atoms with Crippen LogP contribution in [-0.4, -0.2) is 61.5 Å². The number of rotatable bonds is 16. The van der Waals surface area contributed by atoms with Gasteiger partial charge in [-0.15, -0.1) is 12.4 Å². The van der Waals surface area contributed by atoms with Gasteiger partial charge in [0.25, 0.3) is 0 Å². The Balaban J connectivity index is 0.00000616. The Labute approximate surface area is 255 Å². The lowest BCUT2D eigenvalue weighted by molar-refractivity contribution is -0.146. The molecule has 6 N–H and O–H groups in total. The highest BCUT2D eigenvalue weighted by atomic mass is 35.5. The molecule has 0 aromatic heterocycles. The molecule has 2 aromatic rings. The number of benzene rings is 2. The summed E-state index contributed by atoms with van der Waals surface area (Å²) in [5.41, 5.74) is 18.2. The number of oxime groups is 1. The lowest BCUT2D eigenvalue weighted by atomic mass is 9.92. The fourth-order valence-electron chi connectivity index (χ4n) is 4.67. The van der Waals surface area contributed by atoms with Crippen LogP contribution in [0, 0.1) is 11.8 Å². The number of amidine groups is 1. The maximum Gasteiger partial charge on any atom is 0.351 e. The SMILES string of the molecule is CC[C@H](C)[C@H](N)C(=O)ON=C(N)c1ccc(OCCCC2CCN(CCCOc3ccc(C(N)=O)cc3)CC2)cc1.Cl. The molecule has 10 nitrogen and oxygen atoms in total. The minimum absolute atomic E-state index is 0. The van der Waals surface area contributed by atoms with E-state index in [1.807, 2.05) is 26.0 Å². The van der Waals surface area contributed by atoms with Crippen molar-refractivity contribution in [1.82, 2.24) is 4.90 Å².